The number of ether oxygens (including phenoxy) is 1. The molecule has 125 valence electrons. The van der Waals surface area contributed by atoms with Gasteiger partial charge >= 0.3 is 7.82 Å². The van der Waals surface area contributed by atoms with Gasteiger partial charge in [0.05, 0.1) is 6.61 Å². The number of fused-ring (bicyclic) bond motifs is 2. The van der Waals surface area contributed by atoms with Crippen LogP contribution in [0.5, 0.6) is 0 Å². The first kappa shape index (κ1) is 18.6. The minimum absolute atomic E-state index is 0. The van der Waals surface area contributed by atoms with Crippen LogP contribution in [0.15, 0.2) is 11.1 Å². The zero-order chi connectivity index (χ0) is 16.4. The van der Waals surface area contributed by atoms with Gasteiger partial charge in [0.15, 0.2) is 27.9 Å². The zero-order valence-corrected chi connectivity index (χ0v) is 16.8. The molecule has 0 saturated carbocycles. The number of nitrogens with two attached hydrogens (primary N) is 1. The first-order chi connectivity index (χ1) is 10.9. The Morgan fingerprint density at radius 1 is 1.46 bits per heavy atom. The molecule has 4 N–H and O–H groups in total. The Hall–Kier alpha value is -0.140. The molecule has 2 aromatic rings. The van der Waals surface area contributed by atoms with Gasteiger partial charge in [0.2, 0.25) is 0 Å². The molecule has 14 heteroatoms. The number of phosphoric acid groups is 1. The molecule has 24 heavy (non-hydrogen) atoms. The molecule has 11 nitrogen and oxygen atoms in total. The number of imidazole rings is 1. The summed E-state index contributed by atoms with van der Waals surface area (Å²) >= 11 is 3.26. The van der Waals surface area contributed by atoms with Crippen molar-refractivity contribution in [1.82, 2.24) is 19.5 Å². The van der Waals surface area contributed by atoms with Gasteiger partial charge in [-0.3, -0.25) is 13.6 Å². The number of anilines is 1. The summed E-state index contributed by atoms with van der Waals surface area (Å²) in [5, 5.41) is 10.5. The van der Waals surface area contributed by atoms with Gasteiger partial charge in [0, 0.05) is 29.6 Å². The molecular weight excluding hydrogens is 420 g/mol. The number of aliphatic hydroxyl groups is 1. The molecule has 4 heterocycles. The van der Waals surface area contributed by atoms with E-state index in [1.165, 1.54) is 10.9 Å². The molecule has 5 atom stereocenters. The van der Waals surface area contributed by atoms with Crippen molar-refractivity contribution in [2.75, 3.05) is 12.3 Å². The molecule has 2 saturated heterocycles. The maximum absolute atomic E-state index is 11.5. The molecule has 0 spiro atoms. The van der Waals surface area contributed by atoms with E-state index < -0.39 is 32.4 Å². The minimum Gasteiger partial charge on any atom is -0.386 e. The third kappa shape index (κ3) is 2.94. The second kappa shape index (κ2) is 6.54. The van der Waals surface area contributed by atoms with Crippen molar-refractivity contribution >= 4 is 70.3 Å². The number of aliphatic hydroxyl groups excluding tert-OH is 1. The number of aromatic nitrogens is 4. The van der Waals surface area contributed by atoms with E-state index in [9.17, 15) is 14.6 Å². The summed E-state index contributed by atoms with van der Waals surface area (Å²) < 4.78 is 28.6. The second-order valence-electron chi connectivity index (χ2n) is 5.07. The Bertz CT molecular complexity index is 837. The number of nitrogen functional groups attached to an aromatic ring is 1. The van der Waals surface area contributed by atoms with Gasteiger partial charge in [-0.15, -0.1) is 0 Å². The monoisotopic (exact) mass is 430 g/mol. The normalized spacial score (nSPS) is 35.6. The molecular formula is C10H11BrN5NaO6P. The Labute approximate surface area is 165 Å². The van der Waals surface area contributed by atoms with Crippen LogP contribution in [0.3, 0.4) is 0 Å². The summed E-state index contributed by atoms with van der Waals surface area (Å²) in [5.74, 6) is 0.179. The molecule has 2 fully saturated rings. The molecule has 4 rings (SSSR count). The predicted molar refractivity (Wildman–Crippen MR) is 83.8 cm³/mol. The third-order valence-electron chi connectivity index (χ3n) is 3.68. The van der Waals surface area contributed by atoms with E-state index in [1.807, 2.05) is 0 Å². The molecule has 0 bridgehead atoms. The van der Waals surface area contributed by atoms with E-state index in [2.05, 4.69) is 30.9 Å². The van der Waals surface area contributed by atoms with E-state index in [0.717, 1.165) is 0 Å². The predicted octanol–water partition coefficient (Wildman–Crippen LogP) is -0.436. The first-order valence-corrected chi connectivity index (χ1v) is 8.79. The van der Waals surface area contributed by atoms with E-state index >= 15 is 0 Å². The quantitative estimate of drug-likeness (QED) is 0.308. The van der Waals surface area contributed by atoms with Crippen LogP contribution in [0.25, 0.3) is 11.2 Å². The van der Waals surface area contributed by atoms with Crippen molar-refractivity contribution in [3.8, 4) is 0 Å². The summed E-state index contributed by atoms with van der Waals surface area (Å²) in [5.41, 5.74) is 6.45. The maximum atomic E-state index is 11.5. The van der Waals surface area contributed by atoms with Crippen molar-refractivity contribution in [3.05, 3.63) is 11.1 Å². The largest absolute Gasteiger partial charge is 0.472 e. The van der Waals surface area contributed by atoms with Crippen LogP contribution in [-0.4, -0.2) is 84.0 Å². The molecule has 1 radical (unpaired) electrons. The van der Waals surface area contributed by atoms with Gasteiger partial charge in [-0.25, -0.2) is 19.5 Å². The SMILES string of the molecule is Nc1ncnc2c1nc(Br)n2[C@@H]1O[C@@H]2COP(=O)(O)O[C@H]2[C@H]1O.[Na]. The van der Waals surface area contributed by atoms with Gasteiger partial charge in [0.25, 0.3) is 0 Å². The minimum atomic E-state index is -4.19. The molecule has 2 aliphatic heterocycles. The molecule has 2 aromatic heterocycles. The number of nitrogens with zero attached hydrogens (tertiary/aromatic N) is 4. The smallest absolute Gasteiger partial charge is 0.386 e. The van der Waals surface area contributed by atoms with E-state index in [-0.39, 0.29) is 42.0 Å². The summed E-state index contributed by atoms with van der Waals surface area (Å²) in [7, 11) is -4.19. The van der Waals surface area contributed by atoms with E-state index in [0.29, 0.717) is 15.9 Å². The number of hydrogen-bond donors (Lipinski definition) is 3. The molecule has 0 amide bonds. The fourth-order valence-corrected chi connectivity index (χ4v) is 4.19. The number of rotatable bonds is 1. The second-order valence-corrected chi connectivity index (χ2v) is 7.19. The summed E-state index contributed by atoms with van der Waals surface area (Å²) in [6.07, 6.45) is -2.62. The molecule has 1 unspecified atom stereocenters. The van der Waals surface area contributed by atoms with Crippen LogP contribution in [0.4, 0.5) is 5.82 Å². The summed E-state index contributed by atoms with van der Waals surface area (Å²) in [4.78, 5) is 21.5. The van der Waals surface area contributed by atoms with Crippen molar-refractivity contribution < 1.29 is 28.3 Å². The average Bonchev–Trinajstić information content (AvgIpc) is 2.97. The van der Waals surface area contributed by atoms with Gasteiger partial charge in [-0.2, -0.15) is 0 Å². The van der Waals surface area contributed by atoms with Crippen LogP contribution in [0, 0.1) is 0 Å². The molecule has 2 aliphatic rings. The number of phosphoric ester groups is 1. The number of halogens is 1. The topological polar surface area (TPSA) is 155 Å². The van der Waals surface area contributed by atoms with Gasteiger partial charge in [-0.1, -0.05) is 0 Å². The number of hydrogen-bond acceptors (Lipinski definition) is 9. The first-order valence-electron chi connectivity index (χ1n) is 6.50. The van der Waals surface area contributed by atoms with Crippen LogP contribution < -0.4 is 5.73 Å². The van der Waals surface area contributed by atoms with Gasteiger partial charge < -0.3 is 20.5 Å². The van der Waals surface area contributed by atoms with Crippen molar-refractivity contribution in [2.45, 2.75) is 24.5 Å². The van der Waals surface area contributed by atoms with Crippen LogP contribution in [-0.2, 0) is 18.3 Å². The average molecular weight is 431 g/mol. The Morgan fingerprint density at radius 3 is 2.96 bits per heavy atom. The van der Waals surface area contributed by atoms with Crippen molar-refractivity contribution in [1.29, 1.82) is 0 Å². The van der Waals surface area contributed by atoms with E-state index in [1.54, 1.807) is 0 Å². The van der Waals surface area contributed by atoms with Crippen LogP contribution in [0.2, 0.25) is 0 Å². The van der Waals surface area contributed by atoms with E-state index in [4.69, 9.17) is 19.5 Å². The standard InChI is InChI=1S/C10H11BrN5O6P.Na/c11-10-15-4-7(12)13-2-14-8(4)16(10)9-5(17)6-3(21-9)1-20-23(18,19)22-6;/h2-3,5-6,9,17H,1H2,(H,18,19)(H2,12,13,14);/t3-,5-,6-,9-;/m1./s1. The Kier molecular flexibility index (Phi) is 5.08. The third-order valence-corrected chi connectivity index (χ3v) is 5.23. The van der Waals surface area contributed by atoms with Crippen molar-refractivity contribution in [3.63, 3.8) is 0 Å². The molecule has 0 aromatic carbocycles. The van der Waals surface area contributed by atoms with Crippen LogP contribution >= 0.6 is 23.8 Å². The Balaban J connectivity index is 0.00000169. The summed E-state index contributed by atoms with van der Waals surface area (Å²) in [6, 6.07) is 0. The Morgan fingerprint density at radius 2 is 2.21 bits per heavy atom. The van der Waals surface area contributed by atoms with Gasteiger partial charge in [-0.05, 0) is 15.9 Å². The molecule has 0 aliphatic carbocycles. The van der Waals surface area contributed by atoms with Gasteiger partial charge in [0.1, 0.15) is 24.6 Å². The van der Waals surface area contributed by atoms with Crippen LogP contribution in [0.1, 0.15) is 6.23 Å². The van der Waals surface area contributed by atoms with Crippen molar-refractivity contribution in [2.24, 2.45) is 0 Å². The maximum Gasteiger partial charge on any atom is 0.472 e. The summed E-state index contributed by atoms with van der Waals surface area (Å²) in [6.45, 7) is -0.173. The zero-order valence-electron chi connectivity index (χ0n) is 12.3. The fourth-order valence-electron chi connectivity index (χ4n) is 2.67. The fraction of sp³-hybridized carbons (Fsp3) is 0.500.